The highest BCUT2D eigenvalue weighted by atomic mass is 32.2. The van der Waals surface area contributed by atoms with Crippen LogP contribution in [0.3, 0.4) is 0 Å². The number of aliphatic hydroxyl groups is 1. The van der Waals surface area contributed by atoms with E-state index in [1.165, 1.54) is 24.3 Å². The first kappa shape index (κ1) is 20.9. The van der Waals surface area contributed by atoms with Crippen LogP contribution < -0.4 is 5.73 Å². The van der Waals surface area contributed by atoms with Gasteiger partial charge in [0.05, 0.1) is 20.4 Å². The molecule has 1 unspecified atom stereocenters. The third-order valence-corrected chi connectivity index (χ3v) is 5.32. The lowest BCUT2D eigenvalue weighted by atomic mass is 9.97. The van der Waals surface area contributed by atoms with Gasteiger partial charge in [0.1, 0.15) is 17.9 Å². The number of nitro groups is 1. The van der Waals surface area contributed by atoms with E-state index in [-0.39, 0.29) is 22.0 Å². The molecule has 3 aromatic rings. The number of nitro benzene ring substituents is 1. The molecule has 3 aromatic carbocycles. The van der Waals surface area contributed by atoms with Gasteiger partial charge in [-0.3, -0.25) is 10.1 Å². The number of aromatic hydroxyl groups is 1. The van der Waals surface area contributed by atoms with E-state index in [4.69, 9.17) is 5.73 Å². The fraction of sp³-hybridized carbons (Fsp3) is 0.0455. The van der Waals surface area contributed by atoms with Crippen LogP contribution in [0.1, 0.15) is 22.8 Å². The van der Waals surface area contributed by atoms with Crippen LogP contribution in [0.25, 0.3) is 5.57 Å². The minimum absolute atomic E-state index is 0.0533. The van der Waals surface area contributed by atoms with Gasteiger partial charge in [0.25, 0.3) is 5.69 Å². The predicted molar refractivity (Wildman–Crippen MR) is 114 cm³/mol. The first-order chi connectivity index (χ1) is 14.4. The van der Waals surface area contributed by atoms with Crippen LogP contribution in [0.5, 0.6) is 5.75 Å². The number of allylic oxidation sites excluding steroid dienone is 1. The molecule has 0 aromatic heterocycles. The van der Waals surface area contributed by atoms with Crippen LogP contribution in [0.15, 0.2) is 82.7 Å². The van der Waals surface area contributed by atoms with Gasteiger partial charge in [0.2, 0.25) is 0 Å². The van der Waals surface area contributed by atoms with E-state index in [2.05, 4.69) is 6.07 Å². The lowest BCUT2D eigenvalue weighted by molar-refractivity contribution is -0.385. The molecule has 0 radical (unpaired) electrons. The van der Waals surface area contributed by atoms with Gasteiger partial charge >= 0.3 is 0 Å². The molecule has 0 saturated heterocycles. The molecule has 8 heteroatoms. The molecule has 0 saturated carbocycles. The number of para-hydroxylation sites is 1. The zero-order valence-electron chi connectivity index (χ0n) is 15.6. The van der Waals surface area contributed by atoms with Crippen LogP contribution in [0, 0.1) is 21.4 Å². The van der Waals surface area contributed by atoms with Crippen molar-refractivity contribution >= 4 is 23.0 Å². The maximum Gasteiger partial charge on any atom is 0.269 e. The average molecular weight is 419 g/mol. The normalized spacial score (nSPS) is 12.5. The predicted octanol–water partition coefficient (Wildman–Crippen LogP) is 4.33. The largest absolute Gasteiger partial charge is 0.507 e. The SMILES string of the molecule is N#C/C(=C(/N)Sc1ccccc1O)c1cccc(C(O)c2cccc([N+](=O)[O-])c2)c1. The Kier molecular flexibility index (Phi) is 6.37. The van der Waals surface area contributed by atoms with Crippen molar-refractivity contribution in [2.75, 3.05) is 0 Å². The van der Waals surface area contributed by atoms with E-state index >= 15 is 0 Å². The quantitative estimate of drug-likeness (QED) is 0.234. The second-order valence-electron chi connectivity index (χ2n) is 6.30. The molecule has 0 fully saturated rings. The lowest BCUT2D eigenvalue weighted by Crippen LogP contribution is -2.02. The molecule has 0 amide bonds. The topological polar surface area (TPSA) is 133 Å². The number of thioether (sulfide) groups is 1. The maximum absolute atomic E-state index is 11.0. The van der Waals surface area contributed by atoms with E-state index in [1.54, 1.807) is 48.5 Å². The molecule has 30 heavy (non-hydrogen) atoms. The summed E-state index contributed by atoms with van der Waals surface area (Å²) in [5.74, 6) is 0.0533. The van der Waals surface area contributed by atoms with Crippen molar-refractivity contribution < 1.29 is 15.1 Å². The van der Waals surface area contributed by atoms with Gasteiger partial charge in [-0.1, -0.05) is 54.2 Å². The summed E-state index contributed by atoms with van der Waals surface area (Å²) < 4.78 is 0. The van der Waals surface area contributed by atoms with Crippen molar-refractivity contribution in [2.45, 2.75) is 11.0 Å². The number of benzene rings is 3. The van der Waals surface area contributed by atoms with Crippen molar-refractivity contribution in [2.24, 2.45) is 5.73 Å². The highest BCUT2D eigenvalue weighted by Crippen LogP contribution is 2.35. The third-order valence-electron chi connectivity index (χ3n) is 4.33. The van der Waals surface area contributed by atoms with Gasteiger partial charge in [0, 0.05) is 12.1 Å². The Morgan fingerprint density at radius 3 is 2.40 bits per heavy atom. The molecular weight excluding hydrogens is 402 g/mol. The van der Waals surface area contributed by atoms with Crippen LogP contribution in [0.2, 0.25) is 0 Å². The van der Waals surface area contributed by atoms with Crippen molar-refractivity contribution in [1.29, 1.82) is 5.26 Å². The Balaban J connectivity index is 1.95. The zero-order valence-corrected chi connectivity index (χ0v) is 16.4. The summed E-state index contributed by atoms with van der Waals surface area (Å²) in [6.07, 6.45) is -1.11. The van der Waals surface area contributed by atoms with E-state index in [0.29, 0.717) is 21.6 Å². The van der Waals surface area contributed by atoms with Crippen LogP contribution >= 0.6 is 11.8 Å². The number of aliphatic hydroxyl groups excluding tert-OH is 1. The number of phenols is 1. The Bertz CT molecular complexity index is 1170. The fourth-order valence-electron chi connectivity index (χ4n) is 2.84. The number of phenolic OH excluding ortho intramolecular Hbond substituents is 1. The van der Waals surface area contributed by atoms with Gasteiger partial charge in [-0.15, -0.1) is 0 Å². The molecule has 0 aliphatic rings. The maximum atomic E-state index is 11.0. The Morgan fingerprint density at radius 1 is 1.07 bits per heavy atom. The van der Waals surface area contributed by atoms with Crippen molar-refractivity contribution in [3.8, 4) is 11.8 Å². The van der Waals surface area contributed by atoms with Gasteiger partial charge in [-0.25, -0.2) is 0 Å². The first-order valence-electron chi connectivity index (χ1n) is 8.79. The van der Waals surface area contributed by atoms with E-state index in [0.717, 1.165) is 11.8 Å². The van der Waals surface area contributed by atoms with Crippen LogP contribution in [-0.2, 0) is 0 Å². The van der Waals surface area contributed by atoms with Crippen molar-refractivity contribution in [3.63, 3.8) is 0 Å². The number of non-ortho nitro benzene ring substituents is 1. The second-order valence-corrected chi connectivity index (χ2v) is 7.38. The molecule has 3 rings (SSSR count). The number of nitrogens with zero attached hydrogens (tertiary/aromatic N) is 2. The summed E-state index contributed by atoms with van der Waals surface area (Å²) >= 11 is 1.06. The summed E-state index contributed by atoms with van der Waals surface area (Å²) in [4.78, 5) is 11.0. The highest BCUT2D eigenvalue weighted by Gasteiger charge is 2.16. The molecule has 0 heterocycles. The molecule has 7 nitrogen and oxygen atoms in total. The second kappa shape index (κ2) is 9.13. The smallest absolute Gasteiger partial charge is 0.269 e. The summed E-state index contributed by atoms with van der Waals surface area (Å²) in [7, 11) is 0. The van der Waals surface area contributed by atoms with Crippen LogP contribution in [0.4, 0.5) is 5.69 Å². The van der Waals surface area contributed by atoms with E-state index in [9.17, 15) is 25.6 Å². The Labute approximate surface area is 176 Å². The van der Waals surface area contributed by atoms with Crippen molar-refractivity contribution in [3.05, 3.63) is 105 Å². The number of nitrogens with two attached hydrogens (primary N) is 1. The number of nitriles is 1. The number of rotatable bonds is 6. The minimum Gasteiger partial charge on any atom is -0.507 e. The van der Waals surface area contributed by atoms with Gasteiger partial charge in [0.15, 0.2) is 0 Å². The number of hydrogen-bond acceptors (Lipinski definition) is 7. The van der Waals surface area contributed by atoms with Crippen LogP contribution in [-0.4, -0.2) is 15.1 Å². The molecule has 0 spiro atoms. The van der Waals surface area contributed by atoms with Gasteiger partial charge < -0.3 is 15.9 Å². The Hall–Kier alpha value is -3.80. The molecule has 4 N–H and O–H groups in total. The summed E-state index contributed by atoms with van der Waals surface area (Å²) in [6, 6.07) is 21.1. The van der Waals surface area contributed by atoms with E-state index in [1.807, 2.05) is 0 Å². The molecule has 0 bridgehead atoms. The third kappa shape index (κ3) is 4.60. The monoisotopic (exact) mass is 419 g/mol. The molecule has 0 aliphatic carbocycles. The summed E-state index contributed by atoms with van der Waals surface area (Å²) in [5, 5.41) is 41.4. The van der Waals surface area contributed by atoms with E-state index < -0.39 is 11.0 Å². The summed E-state index contributed by atoms with van der Waals surface area (Å²) in [6.45, 7) is 0. The first-order valence-corrected chi connectivity index (χ1v) is 9.61. The molecule has 0 aliphatic heterocycles. The van der Waals surface area contributed by atoms with Crippen molar-refractivity contribution in [1.82, 2.24) is 0 Å². The number of hydrogen-bond donors (Lipinski definition) is 3. The lowest BCUT2D eigenvalue weighted by Gasteiger charge is -2.13. The molecule has 150 valence electrons. The molecule has 1 atom stereocenters. The van der Waals surface area contributed by atoms with Gasteiger partial charge in [-0.05, 0) is 34.9 Å². The fourth-order valence-corrected chi connectivity index (χ4v) is 3.66. The summed E-state index contributed by atoms with van der Waals surface area (Å²) in [5.41, 5.74) is 7.50. The highest BCUT2D eigenvalue weighted by molar-refractivity contribution is 8.03. The molecular formula is C22H17N3O4S. The standard InChI is InChI=1S/C22H17N3O4S/c23-13-18(22(24)30-20-10-2-1-9-19(20)26)14-5-3-6-15(11-14)21(27)16-7-4-8-17(12-16)25(28)29/h1-12,21,26-27H,24H2/b22-18+. The Morgan fingerprint density at radius 2 is 1.73 bits per heavy atom. The zero-order chi connectivity index (χ0) is 21.7. The average Bonchev–Trinajstić information content (AvgIpc) is 2.75. The minimum atomic E-state index is -1.11. The van der Waals surface area contributed by atoms with Gasteiger partial charge in [-0.2, -0.15) is 5.26 Å².